The molecule has 120 valence electrons. The van der Waals surface area contributed by atoms with Crippen molar-refractivity contribution in [1.82, 2.24) is 10.4 Å². The van der Waals surface area contributed by atoms with Gasteiger partial charge >= 0.3 is 0 Å². The van der Waals surface area contributed by atoms with Gasteiger partial charge in [0.25, 0.3) is 0 Å². The van der Waals surface area contributed by atoms with Crippen LogP contribution in [0.15, 0.2) is 70.8 Å². The number of nitrogens with zero attached hydrogens (tertiary/aromatic N) is 2. The zero-order valence-electron chi connectivity index (χ0n) is 12.7. The summed E-state index contributed by atoms with van der Waals surface area (Å²) in [7, 11) is 0. The summed E-state index contributed by atoms with van der Waals surface area (Å²) >= 11 is 1.42. The van der Waals surface area contributed by atoms with Gasteiger partial charge in [0.15, 0.2) is 0 Å². The summed E-state index contributed by atoms with van der Waals surface area (Å²) in [5, 5.41) is 14.3. The number of carbonyl (C=O) groups excluding carboxylic acids is 1. The molecule has 0 saturated heterocycles. The Labute approximate surface area is 143 Å². The highest BCUT2D eigenvalue weighted by atomic mass is 32.2. The number of phenolic OH excluding ortho intramolecular Hbond substituents is 1. The van der Waals surface area contributed by atoms with Crippen molar-refractivity contribution >= 4 is 34.8 Å². The molecule has 0 aliphatic heterocycles. The second-order valence-corrected chi connectivity index (χ2v) is 6.03. The third-order valence-corrected chi connectivity index (χ3v) is 4.27. The molecule has 0 aliphatic carbocycles. The highest BCUT2D eigenvalue weighted by Crippen LogP contribution is 2.25. The molecule has 2 N–H and O–H groups in total. The van der Waals surface area contributed by atoms with Gasteiger partial charge in [-0.1, -0.05) is 30.3 Å². The van der Waals surface area contributed by atoms with E-state index in [-0.39, 0.29) is 17.4 Å². The Bertz CT molecular complexity index is 891. The van der Waals surface area contributed by atoms with Crippen LogP contribution in [0.4, 0.5) is 0 Å². The van der Waals surface area contributed by atoms with E-state index < -0.39 is 0 Å². The fourth-order valence-corrected chi connectivity index (χ4v) is 2.99. The van der Waals surface area contributed by atoms with Crippen molar-refractivity contribution in [1.29, 1.82) is 0 Å². The number of pyridine rings is 1. The van der Waals surface area contributed by atoms with E-state index in [9.17, 15) is 9.90 Å². The Morgan fingerprint density at radius 1 is 1.21 bits per heavy atom. The maximum absolute atomic E-state index is 11.9. The first-order chi connectivity index (χ1) is 11.7. The average molecular weight is 337 g/mol. The Hall–Kier alpha value is -2.86. The lowest BCUT2D eigenvalue weighted by atomic mass is 10.2. The van der Waals surface area contributed by atoms with E-state index in [0.717, 1.165) is 15.8 Å². The highest BCUT2D eigenvalue weighted by Gasteiger charge is 2.05. The van der Waals surface area contributed by atoms with Gasteiger partial charge in [-0.2, -0.15) is 5.10 Å². The zero-order chi connectivity index (χ0) is 16.8. The SMILES string of the molecule is O=C(CSc1cccc2cccnc12)N/N=C\c1cccc(O)c1. The molecule has 1 heterocycles. The molecule has 0 unspecified atom stereocenters. The molecule has 0 radical (unpaired) electrons. The number of carbonyl (C=O) groups is 1. The number of para-hydroxylation sites is 1. The molecular weight excluding hydrogens is 322 g/mol. The minimum Gasteiger partial charge on any atom is -0.508 e. The number of nitrogens with one attached hydrogen (secondary N) is 1. The second kappa shape index (κ2) is 7.61. The Morgan fingerprint density at radius 3 is 2.92 bits per heavy atom. The normalized spacial score (nSPS) is 11.0. The van der Waals surface area contributed by atoms with E-state index in [1.165, 1.54) is 18.0 Å². The monoisotopic (exact) mass is 337 g/mol. The first-order valence-corrected chi connectivity index (χ1v) is 8.28. The van der Waals surface area contributed by atoms with Gasteiger partial charge in [0.1, 0.15) is 5.75 Å². The zero-order valence-corrected chi connectivity index (χ0v) is 13.5. The number of fused-ring (bicyclic) bond motifs is 1. The minimum absolute atomic E-state index is 0.157. The van der Waals surface area contributed by atoms with Crippen LogP contribution in [0.3, 0.4) is 0 Å². The lowest BCUT2D eigenvalue weighted by molar-refractivity contribution is -0.118. The first kappa shape index (κ1) is 16.0. The molecule has 1 amide bonds. The van der Waals surface area contributed by atoms with Gasteiger partial charge in [0.2, 0.25) is 5.91 Å². The number of amides is 1. The van der Waals surface area contributed by atoms with E-state index in [1.807, 2.05) is 30.3 Å². The number of hydrogen-bond acceptors (Lipinski definition) is 5. The summed E-state index contributed by atoms with van der Waals surface area (Å²) in [6.45, 7) is 0. The predicted octanol–water partition coefficient (Wildman–Crippen LogP) is 3.18. The number of aromatic nitrogens is 1. The van der Waals surface area contributed by atoms with E-state index >= 15 is 0 Å². The molecule has 3 rings (SSSR count). The van der Waals surface area contributed by atoms with E-state index in [2.05, 4.69) is 15.5 Å². The highest BCUT2D eigenvalue weighted by molar-refractivity contribution is 8.00. The topological polar surface area (TPSA) is 74.6 Å². The second-order valence-electron chi connectivity index (χ2n) is 5.01. The van der Waals surface area contributed by atoms with Crippen LogP contribution in [-0.2, 0) is 4.79 Å². The van der Waals surface area contributed by atoms with Crippen LogP contribution in [0.2, 0.25) is 0 Å². The fraction of sp³-hybridized carbons (Fsp3) is 0.0556. The summed E-state index contributed by atoms with van der Waals surface area (Å²) in [6.07, 6.45) is 3.23. The first-order valence-electron chi connectivity index (χ1n) is 7.30. The number of hydrogen-bond donors (Lipinski definition) is 2. The molecule has 0 saturated carbocycles. The fourth-order valence-electron chi connectivity index (χ4n) is 2.15. The van der Waals surface area contributed by atoms with Gasteiger partial charge in [-0.15, -0.1) is 11.8 Å². The molecular formula is C18H15N3O2S. The standard InChI is InChI=1S/C18H15N3O2S/c22-15-7-1-4-13(10-15)11-20-21-17(23)12-24-16-8-2-5-14-6-3-9-19-18(14)16/h1-11,22H,12H2,(H,21,23)/b20-11-. The summed E-state index contributed by atoms with van der Waals surface area (Å²) in [6, 6.07) is 16.4. The summed E-state index contributed by atoms with van der Waals surface area (Å²) in [5.74, 6) is 0.196. The molecule has 5 nitrogen and oxygen atoms in total. The van der Waals surface area contributed by atoms with Crippen LogP contribution in [0.1, 0.15) is 5.56 Å². The molecule has 0 aliphatic rings. The number of aromatic hydroxyl groups is 1. The molecule has 0 fully saturated rings. The van der Waals surface area contributed by atoms with Crippen molar-refractivity contribution in [2.45, 2.75) is 4.90 Å². The van der Waals surface area contributed by atoms with Crippen LogP contribution in [0.25, 0.3) is 10.9 Å². The van der Waals surface area contributed by atoms with E-state index in [0.29, 0.717) is 5.56 Å². The van der Waals surface area contributed by atoms with Crippen LogP contribution < -0.4 is 5.43 Å². The molecule has 24 heavy (non-hydrogen) atoms. The lowest BCUT2D eigenvalue weighted by Gasteiger charge is -2.04. The van der Waals surface area contributed by atoms with Gasteiger partial charge in [0, 0.05) is 16.5 Å². The number of rotatable bonds is 5. The van der Waals surface area contributed by atoms with Crippen LogP contribution in [-0.4, -0.2) is 28.0 Å². The molecule has 2 aromatic carbocycles. The predicted molar refractivity (Wildman–Crippen MR) is 96.3 cm³/mol. The van der Waals surface area contributed by atoms with Gasteiger partial charge in [0.05, 0.1) is 17.5 Å². The van der Waals surface area contributed by atoms with Crippen LogP contribution in [0.5, 0.6) is 5.75 Å². The van der Waals surface area contributed by atoms with Crippen LogP contribution >= 0.6 is 11.8 Å². The Morgan fingerprint density at radius 2 is 2.04 bits per heavy atom. The van der Waals surface area contributed by atoms with Gasteiger partial charge in [-0.3, -0.25) is 9.78 Å². The summed E-state index contributed by atoms with van der Waals surface area (Å²) in [4.78, 5) is 17.2. The Kier molecular flexibility index (Phi) is 5.08. The molecule has 3 aromatic rings. The number of phenols is 1. The largest absolute Gasteiger partial charge is 0.508 e. The van der Waals surface area contributed by atoms with Gasteiger partial charge in [-0.25, -0.2) is 5.43 Å². The number of hydrazone groups is 1. The van der Waals surface area contributed by atoms with E-state index in [1.54, 1.807) is 30.5 Å². The number of benzene rings is 2. The maximum Gasteiger partial charge on any atom is 0.250 e. The van der Waals surface area contributed by atoms with Crippen LogP contribution in [0, 0.1) is 0 Å². The van der Waals surface area contributed by atoms with Crippen molar-refractivity contribution < 1.29 is 9.90 Å². The average Bonchev–Trinajstić information content (AvgIpc) is 2.60. The van der Waals surface area contributed by atoms with Crippen molar-refractivity contribution in [3.8, 4) is 5.75 Å². The number of thioether (sulfide) groups is 1. The third-order valence-electron chi connectivity index (χ3n) is 3.23. The lowest BCUT2D eigenvalue weighted by Crippen LogP contribution is -2.19. The van der Waals surface area contributed by atoms with Crippen molar-refractivity contribution in [3.63, 3.8) is 0 Å². The Balaban J connectivity index is 1.57. The molecule has 0 atom stereocenters. The maximum atomic E-state index is 11.9. The molecule has 0 bridgehead atoms. The molecule has 0 spiro atoms. The van der Waals surface area contributed by atoms with Crippen molar-refractivity contribution in [3.05, 3.63) is 66.4 Å². The van der Waals surface area contributed by atoms with E-state index in [4.69, 9.17) is 0 Å². The smallest absolute Gasteiger partial charge is 0.250 e. The third kappa shape index (κ3) is 4.11. The van der Waals surface area contributed by atoms with Crippen molar-refractivity contribution in [2.75, 3.05) is 5.75 Å². The summed E-state index contributed by atoms with van der Waals surface area (Å²) in [5.41, 5.74) is 4.08. The van der Waals surface area contributed by atoms with Gasteiger partial charge in [-0.05, 0) is 29.8 Å². The molecule has 6 heteroatoms. The minimum atomic E-state index is -0.204. The van der Waals surface area contributed by atoms with Gasteiger partial charge < -0.3 is 5.11 Å². The quantitative estimate of drug-likeness (QED) is 0.426. The van der Waals surface area contributed by atoms with Crippen molar-refractivity contribution in [2.24, 2.45) is 5.10 Å². The molecule has 1 aromatic heterocycles. The summed E-state index contributed by atoms with van der Waals surface area (Å²) < 4.78 is 0.